The summed E-state index contributed by atoms with van der Waals surface area (Å²) < 4.78 is 14.9. The van der Waals surface area contributed by atoms with Crippen LogP contribution in [0, 0.1) is 5.82 Å². The molecule has 0 aliphatic heterocycles. The third kappa shape index (κ3) is 3.16. The Morgan fingerprint density at radius 3 is 2.84 bits per heavy atom. The van der Waals surface area contributed by atoms with Gasteiger partial charge in [0.2, 0.25) is 0 Å². The normalized spacial score (nSPS) is 10.9. The van der Waals surface area contributed by atoms with Crippen molar-refractivity contribution in [3.05, 3.63) is 72.6 Å². The van der Waals surface area contributed by atoms with Gasteiger partial charge >= 0.3 is 0 Å². The van der Waals surface area contributed by atoms with Gasteiger partial charge in [0.25, 0.3) is 0 Å². The van der Waals surface area contributed by atoms with Crippen molar-refractivity contribution in [1.29, 1.82) is 0 Å². The lowest BCUT2D eigenvalue weighted by Crippen LogP contribution is -2.07. The Morgan fingerprint density at radius 1 is 1.04 bits per heavy atom. The minimum absolute atomic E-state index is 0.224. The maximum Gasteiger partial charge on any atom is 0.170 e. The highest BCUT2D eigenvalue weighted by Crippen LogP contribution is 2.20. The van der Waals surface area contributed by atoms with Gasteiger partial charge in [-0.25, -0.2) is 19.3 Å². The molecular weight excluding hydrogens is 319 g/mol. The molecule has 4 aromatic rings. The minimum atomic E-state index is -0.224. The first kappa shape index (κ1) is 15.2. The predicted molar refractivity (Wildman–Crippen MR) is 93.0 cm³/mol. The van der Waals surface area contributed by atoms with Crippen LogP contribution in [0.4, 0.5) is 10.2 Å². The van der Waals surface area contributed by atoms with Crippen LogP contribution in [-0.4, -0.2) is 31.3 Å². The van der Waals surface area contributed by atoms with Crippen LogP contribution in [0.3, 0.4) is 0 Å². The number of hydrogen-bond donors (Lipinski definition) is 1. The molecule has 0 radical (unpaired) electrons. The lowest BCUT2D eigenvalue weighted by atomic mass is 10.1. The van der Waals surface area contributed by atoms with Gasteiger partial charge in [0.05, 0.1) is 11.6 Å². The first-order valence-corrected chi connectivity index (χ1v) is 7.90. The van der Waals surface area contributed by atoms with Gasteiger partial charge in [0.15, 0.2) is 11.5 Å². The van der Waals surface area contributed by atoms with Crippen LogP contribution in [0.2, 0.25) is 0 Å². The highest BCUT2D eigenvalue weighted by Gasteiger charge is 2.11. The van der Waals surface area contributed by atoms with Crippen molar-refractivity contribution in [2.24, 2.45) is 0 Å². The Morgan fingerprint density at radius 2 is 2.00 bits per heavy atom. The fourth-order valence-corrected chi connectivity index (χ4v) is 2.65. The molecule has 3 heterocycles. The molecule has 1 aromatic carbocycles. The number of benzene rings is 1. The van der Waals surface area contributed by atoms with E-state index in [-0.39, 0.29) is 5.82 Å². The number of nitrogens with zero attached hydrogens (tertiary/aromatic N) is 5. The number of fused-ring (bicyclic) bond motifs is 1. The molecule has 0 unspecified atom stereocenters. The Hall–Kier alpha value is -3.35. The number of rotatable bonds is 5. The lowest BCUT2D eigenvalue weighted by molar-refractivity contribution is 0.625. The number of hydrogen-bond acceptors (Lipinski definition) is 5. The Labute approximate surface area is 143 Å². The summed E-state index contributed by atoms with van der Waals surface area (Å²) in [4.78, 5) is 12.9. The summed E-state index contributed by atoms with van der Waals surface area (Å²) in [6.45, 7) is 0.629. The van der Waals surface area contributed by atoms with E-state index in [0.29, 0.717) is 30.2 Å². The second kappa shape index (κ2) is 6.64. The van der Waals surface area contributed by atoms with Crippen LogP contribution >= 0.6 is 0 Å². The van der Waals surface area contributed by atoms with Crippen molar-refractivity contribution >= 4 is 16.9 Å². The monoisotopic (exact) mass is 334 g/mol. The molecular formula is C18H15FN6. The van der Waals surface area contributed by atoms with Gasteiger partial charge < -0.3 is 5.32 Å². The molecule has 0 fully saturated rings. The molecule has 7 heteroatoms. The van der Waals surface area contributed by atoms with Crippen LogP contribution in [0.1, 0.15) is 5.56 Å². The lowest BCUT2D eigenvalue weighted by Gasteiger charge is -2.07. The smallest absolute Gasteiger partial charge is 0.170 e. The topological polar surface area (TPSA) is 68.5 Å². The van der Waals surface area contributed by atoms with Crippen LogP contribution in [-0.2, 0) is 6.42 Å². The van der Waals surface area contributed by atoms with Crippen molar-refractivity contribution in [3.63, 3.8) is 0 Å². The number of nitrogens with one attached hydrogen (secondary N) is 1. The van der Waals surface area contributed by atoms with E-state index >= 15 is 0 Å². The third-order valence-corrected chi connectivity index (χ3v) is 3.83. The summed E-state index contributed by atoms with van der Waals surface area (Å²) in [5.41, 5.74) is 1.61. The maximum atomic E-state index is 13.2. The van der Waals surface area contributed by atoms with E-state index in [2.05, 4.69) is 25.4 Å². The van der Waals surface area contributed by atoms with E-state index in [0.717, 1.165) is 10.9 Å². The number of anilines is 1. The summed E-state index contributed by atoms with van der Waals surface area (Å²) in [5, 5.41) is 8.45. The fraction of sp³-hybridized carbons (Fsp3) is 0.111. The zero-order valence-corrected chi connectivity index (χ0v) is 13.3. The van der Waals surface area contributed by atoms with E-state index in [1.807, 2.05) is 24.3 Å². The first-order valence-electron chi connectivity index (χ1n) is 7.90. The Balaban J connectivity index is 1.55. The second-order valence-corrected chi connectivity index (χ2v) is 5.51. The predicted octanol–water partition coefficient (Wildman–Crippen LogP) is 3.00. The summed E-state index contributed by atoms with van der Waals surface area (Å²) in [6, 6.07) is 12.2. The first-order chi connectivity index (χ1) is 12.3. The fourth-order valence-electron chi connectivity index (χ4n) is 2.65. The van der Waals surface area contributed by atoms with Crippen LogP contribution in [0.5, 0.6) is 0 Å². The quantitative estimate of drug-likeness (QED) is 0.608. The zero-order chi connectivity index (χ0) is 17.1. The van der Waals surface area contributed by atoms with Crippen molar-refractivity contribution in [1.82, 2.24) is 24.7 Å². The SMILES string of the molecule is Fc1cccc(CCNc2ncnc3c2cnn3-c2ccccn2)c1. The molecule has 0 aliphatic rings. The molecule has 0 amide bonds. The highest BCUT2D eigenvalue weighted by molar-refractivity contribution is 5.86. The molecule has 4 rings (SSSR count). The molecule has 0 atom stereocenters. The largest absolute Gasteiger partial charge is 0.369 e. The van der Waals surface area contributed by atoms with Crippen LogP contribution in [0.25, 0.3) is 16.9 Å². The van der Waals surface area contributed by atoms with Crippen molar-refractivity contribution < 1.29 is 4.39 Å². The zero-order valence-electron chi connectivity index (χ0n) is 13.3. The molecule has 6 nitrogen and oxygen atoms in total. The Bertz CT molecular complexity index is 999. The van der Waals surface area contributed by atoms with Crippen molar-refractivity contribution in [3.8, 4) is 5.82 Å². The van der Waals surface area contributed by atoms with E-state index in [1.54, 1.807) is 23.1 Å². The standard InChI is InChI=1S/C18H15FN6/c19-14-5-3-4-13(10-14)7-9-21-17-15-11-24-25(18(15)23-12-22-17)16-6-1-2-8-20-16/h1-6,8,10-12H,7,9H2,(H,21,22,23). The van der Waals surface area contributed by atoms with E-state index in [4.69, 9.17) is 0 Å². The minimum Gasteiger partial charge on any atom is -0.369 e. The number of pyridine rings is 1. The van der Waals surface area contributed by atoms with E-state index < -0.39 is 0 Å². The summed E-state index contributed by atoms with van der Waals surface area (Å²) in [5.74, 6) is 1.17. The summed E-state index contributed by atoms with van der Waals surface area (Å²) in [6.07, 6.45) is 5.61. The van der Waals surface area contributed by atoms with Crippen molar-refractivity contribution in [2.75, 3.05) is 11.9 Å². The molecule has 1 N–H and O–H groups in total. The average Bonchev–Trinajstić information content (AvgIpc) is 3.08. The molecule has 0 spiro atoms. The molecule has 25 heavy (non-hydrogen) atoms. The van der Waals surface area contributed by atoms with Gasteiger partial charge in [0.1, 0.15) is 18.0 Å². The second-order valence-electron chi connectivity index (χ2n) is 5.51. The number of aromatic nitrogens is 5. The third-order valence-electron chi connectivity index (χ3n) is 3.83. The van der Waals surface area contributed by atoms with Gasteiger partial charge in [-0.15, -0.1) is 0 Å². The average molecular weight is 334 g/mol. The van der Waals surface area contributed by atoms with Gasteiger partial charge in [-0.05, 0) is 36.2 Å². The summed E-state index contributed by atoms with van der Waals surface area (Å²) >= 11 is 0. The van der Waals surface area contributed by atoms with Crippen molar-refractivity contribution in [2.45, 2.75) is 6.42 Å². The molecule has 3 aromatic heterocycles. The maximum absolute atomic E-state index is 13.2. The molecule has 0 saturated heterocycles. The highest BCUT2D eigenvalue weighted by atomic mass is 19.1. The Kier molecular flexibility index (Phi) is 4.04. The molecule has 0 saturated carbocycles. The molecule has 0 aliphatic carbocycles. The molecule has 124 valence electrons. The van der Waals surface area contributed by atoms with Gasteiger partial charge in [0, 0.05) is 12.7 Å². The van der Waals surface area contributed by atoms with Gasteiger partial charge in [-0.2, -0.15) is 9.78 Å². The van der Waals surface area contributed by atoms with Crippen LogP contribution < -0.4 is 5.32 Å². The number of halogens is 1. The summed E-state index contributed by atoms with van der Waals surface area (Å²) in [7, 11) is 0. The molecule has 0 bridgehead atoms. The van der Waals surface area contributed by atoms with Gasteiger partial charge in [-0.1, -0.05) is 18.2 Å². The van der Waals surface area contributed by atoms with E-state index in [9.17, 15) is 4.39 Å². The van der Waals surface area contributed by atoms with E-state index in [1.165, 1.54) is 18.5 Å². The van der Waals surface area contributed by atoms with Crippen LogP contribution in [0.15, 0.2) is 61.2 Å². The van der Waals surface area contributed by atoms with Gasteiger partial charge in [-0.3, -0.25) is 0 Å².